The Morgan fingerprint density at radius 1 is 1.14 bits per heavy atom. The molecule has 3 rings (SSSR count). The molecular formula is C28H37F2N3O3. The van der Waals surface area contributed by atoms with Crippen molar-refractivity contribution in [2.45, 2.75) is 88.9 Å². The third-order valence-corrected chi connectivity index (χ3v) is 7.12. The summed E-state index contributed by atoms with van der Waals surface area (Å²) in [6.45, 7) is 7.93. The molecule has 2 aromatic carbocycles. The van der Waals surface area contributed by atoms with Crippen LogP contribution in [-0.2, 0) is 22.2 Å². The van der Waals surface area contributed by atoms with Crippen LogP contribution in [-0.4, -0.2) is 35.7 Å². The highest BCUT2D eigenvalue weighted by Crippen LogP contribution is 2.39. The summed E-state index contributed by atoms with van der Waals surface area (Å²) in [5.41, 5.74) is 2.08. The van der Waals surface area contributed by atoms with E-state index in [4.69, 9.17) is 0 Å². The fourth-order valence-electron chi connectivity index (χ4n) is 5.02. The van der Waals surface area contributed by atoms with Crippen LogP contribution in [0.3, 0.4) is 0 Å². The van der Waals surface area contributed by atoms with Gasteiger partial charge in [0.2, 0.25) is 5.91 Å². The molecule has 1 saturated carbocycles. The van der Waals surface area contributed by atoms with E-state index >= 15 is 0 Å². The molecule has 8 heteroatoms. The van der Waals surface area contributed by atoms with Gasteiger partial charge in [-0.05, 0) is 66.3 Å². The summed E-state index contributed by atoms with van der Waals surface area (Å²) in [6, 6.07) is 10.6. The van der Waals surface area contributed by atoms with Crippen LogP contribution in [0, 0.1) is 16.5 Å². The summed E-state index contributed by atoms with van der Waals surface area (Å²) in [6.07, 6.45) is 1.65. The zero-order valence-corrected chi connectivity index (χ0v) is 21.5. The molecule has 0 radical (unpaired) electrons. The highest BCUT2D eigenvalue weighted by molar-refractivity contribution is 5.73. The van der Waals surface area contributed by atoms with Gasteiger partial charge in [0.15, 0.2) is 0 Å². The molecule has 2 atom stereocenters. The lowest BCUT2D eigenvalue weighted by atomic mass is 9.73. The third-order valence-electron chi connectivity index (χ3n) is 7.12. The second-order valence-electron chi connectivity index (χ2n) is 11.0. The fourth-order valence-corrected chi connectivity index (χ4v) is 5.02. The second-order valence-corrected chi connectivity index (χ2v) is 11.0. The molecule has 0 aromatic heterocycles. The number of hydrogen-bond donors (Lipinski definition) is 3. The highest BCUT2D eigenvalue weighted by Gasteiger charge is 2.38. The maximum absolute atomic E-state index is 13.7. The molecule has 3 N–H and O–H groups in total. The van der Waals surface area contributed by atoms with Crippen LogP contribution in [0.2, 0.25) is 0 Å². The van der Waals surface area contributed by atoms with E-state index in [1.54, 1.807) is 0 Å². The number of halogens is 2. The monoisotopic (exact) mass is 501 g/mol. The first-order valence-electron chi connectivity index (χ1n) is 12.5. The Bertz CT molecular complexity index is 1040. The minimum Gasteiger partial charge on any atom is -0.390 e. The van der Waals surface area contributed by atoms with Gasteiger partial charge in [0.1, 0.15) is 11.6 Å². The topological polar surface area (TPSA) is 90.8 Å². The quantitative estimate of drug-likeness (QED) is 0.428. The minimum absolute atomic E-state index is 0.0466. The number of hydrogen-bond acceptors (Lipinski definition) is 5. The third kappa shape index (κ3) is 7.17. The van der Waals surface area contributed by atoms with Gasteiger partial charge in [0.05, 0.1) is 18.2 Å². The summed E-state index contributed by atoms with van der Waals surface area (Å²) < 4.78 is 27.4. The van der Waals surface area contributed by atoms with Gasteiger partial charge in [-0.15, -0.1) is 0 Å². The summed E-state index contributed by atoms with van der Waals surface area (Å²) in [5, 5.41) is 20.6. The first-order valence-corrected chi connectivity index (χ1v) is 12.5. The maximum Gasteiger partial charge on any atom is 0.217 e. The van der Waals surface area contributed by atoms with Crippen molar-refractivity contribution in [2.75, 3.05) is 6.54 Å². The van der Waals surface area contributed by atoms with Gasteiger partial charge in [-0.1, -0.05) is 50.2 Å². The molecule has 0 saturated heterocycles. The Labute approximate surface area is 211 Å². The number of benzene rings is 2. The van der Waals surface area contributed by atoms with E-state index in [1.807, 2.05) is 6.07 Å². The molecule has 0 bridgehead atoms. The van der Waals surface area contributed by atoms with E-state index < -0.39 is 29.3 Å². The number of nitrogens with one attached hydrogen (secondary N) is 2. The lowest BCUT2D eigenvalue weighted by Gasteiger charge is -2.42. The summed E-state index contributed by atoms with van der Waals surface area (Å²) in [7, 11) is 0. The van der Waals surface area contributed by atoms with Crippen LogP contribution >= 0.6 is 0 Å². The van der Waals surface area contributed by atoms with Crippen molar-refractivity contribution < 1.29 is 18.7 Å². The molecule has 196 valence electrons. The fraction of sp³-hybridized carbons (Fsp3) is 0.536. The lowest BCUT2D eigenvalue weighted by Crippen LogP contribution is -2.53. The number of aliphatic hydroxyl groups is 1. The van der Waals surface area contributed by atoms with E-state index in [0.717, 1.165) is 11.6 Å². The molecule has 36 heavy (non-hydrogen) atoms. The van der Waals surface area contributed by atoms with Crippen LogP contribution in [0.1, 0.15) is 70.1 Å². The van der Waals surface area contributed by atoms with Gasteiger partial charge in [-0.25, -0.2) is 8.78 Å². The zero-order valence-electron chi connectivity index (χ0n) is 21.5. The molecule has 0 heterocycles. The number of rotatable bonds is 9. The van der Waals surface area contributed by atoms with Crippen LogP contribution in [0.25, 0.3) is 0 Å². The molecule has 1 aliphatic rings. The first-order chi connectivity index (χ1) is 16.9. The molecule has 1 amide bonds. The average molecular weight is 502 g/mol. The van der Waals surface area contributed by atoms with Gasteiger partial charge >= 0.3 is 0 Å². The van der Waals surface area contributed by atoms with Crippen molar-refractivity contribution in [3.63, 3.8) is 0 Å². The SMILES string of the molecule is CC(=O)NC(Cc1cc(F)cc(F)c1)C(O)CNC1(c2cccc(C(C)(C)C)c2)CCC(N=O)CC1. The second kappa shape index (κ2) is 11.6. The van der Waals surface area contributed by atoms with E-state index in [0.29, 0.717) is 31.2 Å². The van der Waals surface area contributed by atoms with Crippen molar-refractivity contribution in [1.29, 1.82) is 0 Å². The predicted octanol–water partition coefficient (Wildman–Crippen LogP) is 4.86. The number of nitroso groups, excluding NO2 is 1. The molecule has 6 nitrogen and oxygen atoms in total. The smallest absolute Gasteiger partial charge is 0.217 e. The number of aliphatic hydroxyl groups excluding tert-OH is 1. The molecule has 2 aromatic rings. The Kier molecular flexibility index (Phi) is 8.95. The number of carbonyl (C=O) groups is 1. The predicted molar refractivity (Wildman–Crippen MR) is 137 cm³/mol. The van der Waals surface area contributed by atoms with Crippen molar-refractivity contribution in [2.24, 2.45) is 5.18 Å². The molecule has 2 unspecified atom stereocenters. The maximum atomic E-state index is 13.7. The number of carbonyl (C=O) groups excluding carboxylic acids is 1. The number of amides is 1. The van der Waals surface area contributed by atoms with Crippen LogP contribution < -0.4 is 10.6 Å². The molecule has 1 fully saturated rings. The van der Waals surface area contributed by atoms with Crippen LogP contribution in [0.4, 0.5) is 8.78 Å². The summed E-state index contributed by atoms with van der Waals surface area (Å²) >= 11 is 0. The highest BCUT2D eigenvalue weighted by atomic mass is 19.1. The van der Waals surface area contributed by atoms with Crippen LogP contribution in [0.5, 0.6) is 0 Å². The summed E-state index contributed by atoms with van der Waals surface area (Å²) in [5.74, 6) is -1.77. The largest absolute Gasteiger partial charge is 0.390 e. The van der Waals surface area contributed by atoms with E-state index in [9.17, 15) is 23.6 Å². The van der Waals surface area contributed by atoms with Gasteiger partial charge in [0, 0.05) is 25.1 Å². The van der Waals surface area contributed by atoms with Gasteiger partial charge < -0.3 is 15.7 Å². The van der Waals surface area contributed by atoms with Crippen molar-refractivity contribution >= 4 is 5.91 Å². The molecule has 1 aliphatic carbocycles. The van der Waals surface area contributed by atoms with Gasteiger partial charge in [-0.2, -0.15) is 4.91 Å². The first kappa shape index (κ1) is 27.9. The molecule has 0 spiro atoms. The van der Waals surface area contributed by atoms with Crippen molar-refractivity contribution in [3.05, 3.63) is 75.7 Å². The van der Waals surface area contributed by atoms with E-state index in [-0.39, 0.29) is 30.3 Å². The standard InChI is InChI=1S/C28H37F2N3O3/c1-18(34)32-25(14-19-12-22(29)16-23(30)13-19)26(35)17-31-28(10-8-24(33-36)9-11-28)21-7-5-6-20(15-21)27(2,3)4/h5-7,12-13,15-16,24-26,31,35H,8-11,14,17H2,1-4H3,(H,32,34). The zero-order chi connectivity index (χ0) is 26.5. The summed E-state index contributed by atoms with van der Waals surface area (Å²) in [4.78, 5) is 23.0. The Balaban J connectivity index is 1.84. The normalized spacial score (nSPS) is 22.0. The Hall–Kier alpha value is -2.71. The van der Waals surface area contributed by atoms with E-state index in [1.165, 1.54) is 24.6 Å². The average Bonchev–Trinajstić information content (AvgIpc) is 2.81. The lowest BCUT2D eigenvalue weighted by molar-refractivity contribution is -0.120. The van der Waals surface area contributed by atoms with Gasteiger partial charge in [-0.3, -0.25) is 4.79 Å². The number of nitrogens with zero attached hydrogens (tertiary/aromatic N) is 1. The molecule has 0 aliphatic heterocycles. The Morgan fingerprint density at radius 3 is 2.33 bits per heavy atom. The van der Waals surface area contributed by atoms with E-state index in [2.05, 4.69) is 54.8 Å². The molecular weight excluding hydrogens is 464 g/mol. The van der Waals surface area contributed by atoms with Crippen LogP contribution in [0.15, 0.2) is 47.6 Å². The van der Waals surface area contributed by atoms with Crippen molar-refractivity contribution in [1.82, 2.24) is 10.6 Å². The van der Waals surface area contributed by atoms with Crippen molar-refractivity contribution in [3.8, 4) is 0 Å². The van der Waals surface area contributed by atoms with Gasteiger partial charge in [0.25, 0.3) is 0 Å². The Morgan fingerprint density at radius 2 is 1.78 bits per heavy atom. The minimum atomic E-state index is -1.02.